The SMILES string of the molecule is CCCO.C[N+](C)(/C=C/C=C/Br)CCCO.C[N+](C)(/C=C/C=C/[n+]1ccc(-c2cc[n+](CCCC3C[NH2+]C3)cc2)cc1)CCCO.[Br-].c1cc(-c2ccncc2)ccn1. The van der Waals surface area contributed by atoms with Crippen LogP contribution >= 0.6 is 15.9 Å². The highest BCUT2D eigenvalue weighted by Gasteiger charge is 2.21. The summed E-state index contributed by atoms with van der Waals surface area (Å²) >= 11 is 3.19. The lowest BCUT2D eigenvalue weighted by molar-refractivity contribution is -0.839. The first-order valence-corrected chi connectivity index (χ1v) is 21.4. The van der Waals surface area contributed by atoms with Gasteiger partial charge in [0.05, 0.1) is 72.7 Å². The minimum absolute atomic E-state index is 0. The molecule has 5 rings (SSSR count). The van der Waals surface area contributed by atoms with Gasteiger partial charge in [-0.25, -0.2) is 4.57 Å². The highest BCUT2D eigenvalue weighted by molar-refractivity contribution is 9.11. The van der Waals surface area contributed by atoms with Crippen LogP contribution in [-0.4, -0.2) is 108 Å². The van der Waals surface area contributed by atoms with Gasteiger partial charge in [0.25, 0.3) is 0 Å². The number of hydrogen-bond acceptors (Lipinski definition) is 5. The van der Waals surface area contributed by atoms with Gasteiger partial charge in [0.1, 0.15) is 6.54 Å². The molecule has 1 aliphatic rings. The lowest BCUT2D eigenvalue weighted by atomic mass is 9.97. The van der Waals surface area contributed by atoms with Gasteiger partial charge in [-0.1, -0.05) is 28.9 Å². The van der Waals surface area contributed by atoms with E-state index in [4.69, 9.17) is 15.3 Å². The first-order valence-electron chi connectivity index (χ1n) is 20.5. The summed E-state index contributed by atoms with van der Waals surface area (Å²) in [6.45, 7) is 8.41. The number of aromatic nitrogens is 4. The predicted molar refractivity (Wildman–Crippen MR) is 241 cm³/mol. The van der Waals surface area contributed by atoms with Crippen LogP contribution in [0.5, 0.6) is 0 Å². The van der Waals surface area contributed by atoms with Crippen molar-refractivity contribution >= 4 is 22.1 Å². The van der Waals surface area contributed by atoms with Crippen molar-refractivity contribution < 1.29 is 55.7 Å². The molecule has 0 unspecified atom stereocenters. The van der Waals surface area contributed by atoms with E-state index in [0.717, 1.165) is 53.8 Å². The zero-order valence-electron chi connectivity index (χ0n) is 36.0. The zero-order valence-corrected chi connectivity index (χ0v) is 39.2. The number of pyridine rings is 4. The zero-order chi connectivity index (χ0) is 42.3. The molecule has 4 aromatic heterocycles. The predicted octanol–water partition coefficient (Wildman–Crippen LogP) is 2.75. The number of nitrogens with zero attached hydrogens (tertiary/aromatic N) is 6. The lowest BCUT2D eigenvalue weighted by Gasteiger charge is -2.24. The number of hydrogen-bond donors (Lipinski definition) is 4. The molecule has 59 heavy (non-hydrogen) atoms. The average molecular weight is 942 g/mol. The number of aliphatic hydroxyl groups is 3. The van der Waals surface area contributed by atoms with E-state index < -0.39 is 0 Å². The maximum absolute atomic E-state index is 8.98. The Labute approximate surface area is 373 Å². The topological polar surface area (TPSA) is 111 Å². The number of nitrogens with two attached hydrogens (primary N) is 1. The Morgan fingerprint density at radius 2 is 1.10 bits per heavy atom. The molecule has 0 aromatic carbocycles. The summed E-state index contributed by atoms with van der Waals surface area (Å²) in [5.41, 5.74) is 4.83. The summed E-state index contributed by atoms with van der Waals surface area (Å²) < 4.78 is 5.92. The summed E-state index contributed by atoms with van der Waals surface area (Å²) in [6, 6.07) is 16.7. The number of quaternary nitrogens is 3. The molecular weight excluding hydrogens is 870 g/mol. The van der Waals surface area contributed by atoms with Crippen LogP contribution in [0.25, 0.3) is 28.5 Å². The second-order valence-electron chi connectivity index (χ2n) is 15.3. The molecular formula is C47H71Br2N7O3+4. The standard InChI is InChI=1S/C25H37N4O.C10H8N2.C9H17BrNO.C3H8O.BrH/c1-29(2,19-6-20-30)18-4-3-12-27-14-8-24(9-15-27)25-10-16-28(17-11-25)13-5-7-23-21-26-22-23;1-5-11-6-2-9(1)10-3-7-12-8-4-10;1-11(2,8-5-9-12)7-4-3-6-10;1-2-3-4;/h3-4,8-12,14-18,23,26,30H,5-7,13,19-22H2,1-2H3;1-8H;3-4,6-7,12H,5,8-9H2,1-2H3;4H,2-3H2,1H3;1H/q+3;;+1;;/b12-3+,18-4+;;6-3+,7-4+;;. The van der Waals surface area contributed by atoms with Crippen molar-refractivity contribution in [1.29, 1.82) is 0 Å². The van der Waals surface area contributed by atoms with Crippen LogP contribution < -0.4 is 31.4 Å². The molecule has 10 nitrogen and oxygen atoms in total. The van der Waals surface area contributed by atoms with Gasteiger partial charge in [0.2, 0.25) is 0 Å². The van der Waals surface area contributed by atoms with Crippen molar-refractivity contribution in [2.24, 2.45) is 5.92 Å². The van der Waals surface area contributed by atoms with Crippen molar-refractivity contribution in [2.45, 2.75) is 45.6 Å². The molecule has 0 atom stereocenters. The fourth-order valence-electron chi connectivity index (χ4n) is 5.68. The largest absolute Gasteiger partial charge is 1.00 e. The van der Waals surface area contributed by atoms with E-state index in [1.54, 1.807) is 24.8 Å². The van der Waals surface area contributed by atoms with Crippen LogP contribution in [0.3, 0.4) is 0 Å². The summed E-state index contributed by atoms with van der Waals surface area (Å²) in [5.74, 6) is 0.947. The fraction of sp³-hybridized carbons (Fsp3) is 0.404. The van der Waals surface area contributed by atoms with Crippen molar-refractivity contribution in [1.82, 2.24) is 9.97 Å². The molecule has 0 spiro atoms. The fourth-order valence-corrected chi connectivity index (χ4v) is 5.86. The second-order valence-corrected chi connectivity index (χ2v) is 15.9. The molecule has 322 valence electrons. The van der Waals surface area contributed by atoms with Crippen LogP contribution in [0.4, 0.5) is 0 Å². The molecule has 1 fully saturated rings. The van der Waals surface area contributed by atoms with Gasteiger partial charge in [-0.3, -0.25) is 9.97 Å². The van der Waals surface area contributed by atoms with Crippen LogP contribution in [0.2, 0.25) is 0 Å². The Morgan fingerprint density at radius 1 is 0.661 bits per heavy atom. The average Bonchev–Trinajstić information content (AvgIpc) is 3.23. The maximum Gasteiger partial charge on any atom is 0.175 e. The van der Waals surface area contributed by atoms with Gasteiger partial charge in [-0.15, -0.1) is 0 Å². The minimum atomic E-state index is 0. The molecule has 4 aromatic rings. The summed E-state index contributed by atoms with van der Waals surface area (Å²) in [7, 11) is 8.49. The summed E-state index contributed by atoms with van der Waals surface area (Å²) in [4.78, 5) is 9.73. The number of aryl methyl sites for hydroxylation is 1. The Balaban J connectivity index is 0.000000492. The van der Waals surface area contributed by atoms with Gasteiger partial charge in [-0.2, -0.15) is 4.57 Å². The third-order valence-corrected chi connectivity index (χ3v) is 9.65. The van der Waals surface area contributed by atoms with E-state index in [9.17, 15) is 0 Å². The molecule has 0 aliphatic carbocycles. The van der Waals surface area contributed by atoms with Gasteiger partial charge >= 0.3 is 0 Å². The lowest BCUT2D eigenvalue weighted by Crippen LogP contribution is -3.00. The Morgan fingerprint density at radius 3 is 1.51 bits per heavy atom. The molecule has 0 radical (unpaired) electrons. The molecule has 0 bridgehead atoms. The van der Waals surface area contributed by atoms with Crippen molar-refractivity contribution in [3.05, 3.63) is 140 Å². The molecule has 0 amide bonds. The van der Waals surface area contributed by atoms with Crippen LogP contribution in [0, 0.1) is 5.92 Å². The van der Waals surface area contributed by atoms with E-state index in [-0.39, 0.29) is 30.2 Å². The monoisotopic (exact) mass is 939 g/mol. The van der Waals surface area contributed by atoms with E-state index in [1.807, 2.05) is 60.6 Å². The minimum Gasteiger partial charge on any atom is -1.00 e. The first kappa shape index (κ1) is 53.3. The Hall–Kier alpha value is -3.72. The molecule has 1 saturated heterocycles. The Bertz CT molecular complexity index is 1690. The van der Waals surface area contributed by atoms with E-state index in [1.165, 1.54) is 48.2 Å². The third-order valence-electron chi connectivity index (χ3n) is 9.34. The van der Waals surface area contributed by atoms with Crippen LogP contribution in [0.1, 0.15) is 39.0 Å². The summed E-state index contributed by atoms with van der Waals surface area (Å²) in [5, 5.41) is 27.9. The molecule has 1 aliphatic heterocycles. The van der Waals surface area contributed by atoms with Crippen molar-refractivity contribution in [2.75, 3.05) is 74.2 Å². The third kappa shape index (κ3) is 24.8. The number of rotatable bonds is 18. The van der Waals surface area contributed by atoms with Crippen molar-refractivity contribution in [3.63, 3.8) is 0 Å². The smallest absolute Gasteiger partial charge is 0.175 e. The highest BCUT2D eigenvalue weighted by atomic mass is 79.9. The second kappa shape index (κ2) is 32.1. The quantitative estimate of drug-likeness (QED) is 0.0698. The number of allylic oxidation sites excluding steroid dienone is 4. The maximum atomic E-state index is 8.98. The normalized spacial score (nSPS) is 12.9. The highest BCUT2D eigenvalue weighted by Crippen LogP contribution is 2.17. The molecule has 5 heterocycles. The van der Waals surface area contributed by atoms with Crippen molar-refractivity contribution in [3.8, 4) is 22.3 Å². The van der Waals surface area contributed by atoms with Gasteiger partial charge in [0.15, 0.2) is 31.0 Å². The molecule has 5 N–H and O–H groups in total. The van der Waals surface area contributed by atoms with Crippen LogP contribution in [0.15, 0.2) is 140 Å². The van der Waals surface area contributed by atoms with Gasteiger partial charge in [0, 0.05) is 94.2 Å². The summed E-state index contributed by atoms with van der Waals surface area (Å²) in [6.07, 6.45) is 35.2. The first-order chi connectivity index (χ1) is 28.1. The van der Waals surface area contributed by atoms with E-state index >= 15 is 0 Å². The van der Waals surface area contributed by atoms with Gasteiger partial charge < -0.3 is 46.6 Å². The van der Waals surface area contributed by atoms with Crippen LogP contribution in [-0.2, 0) is 6.54 Å². The van der Waals surface area contributed by atoms with Gasteiger partial charge in [-0.05, 0) is 76.5 Å². The Kier molecular flexibility index (Phi) is 29.0. The number of aliphatic hydroxyl groups excluding tert-OH is 3. The molecule has 0 saturated carbocycles. The molecule has 12 heteroatoms. The van der Waals surface area contributed by atoms with E-state index in [0.29, 0.717) is 6.61 Å². The number of halogens is 2. The van der Waals surface area contributed by atoms with E-state index in [2.05, 4.69) is 136 Å².